The van der Waals surface area contributed by atoms with E-state index in [9.17, 15) is 27.6 Å². The average Bonchev–Trinajstić information content (AvgIpc) is 2.63. The zero-order valence-corrected chi connectivity index (χ0v) is 15.0. The number of halogens is 3. The van der Waals surface area contributed by atoms with Crippen LogP contribution in [0.5, 0.6) is 0 Å². The summed E-state index contributed by atoms with van der Waals surface area (Å²) < 4.78 is 43.4. The molecule has 2 rings (SSSR count). The number of anilines is 2. The van der Waals surface area contributed by atoms with Crippen LogP contribution < -0.4 is 15.8 Å². The third-order valence-corrected chi connectivity index (χ3v) is 3.77. The highest BCUT2D eigenvalue weighted by Gasteiger charge is 2.32. The minimum Gasteiger partial charge on any atom is -0.383 e. The van der Waals surface area contributed by atoms with Crippen LogP contribution in [0.3, 0.4) is 0 Å². The Kier molecular flexibility index (Phi) is 6.57. The van der Waals surface area contributed by atoms with Crippen LogP contribution in [0.1, 0.15) is 12.5 Å². The number of alkyl halides is 3. The fraction of sp³-hybridized carbons (Fsp3) is 0.278. The van der Waals surface area contributed by atoms with Gasteiger partial charge < -0.3 is 15.0 Å². The predicted molar refractivity (Wildman–Crippen MR) is 96.0 cm³/mol. The quantitative estimate of drug-likeness (QED) is 0.758. The maximum Gasteiger partial charge on any atom is 0.416 e. The largest absolute Gasteiger partial charge is 0.416 e. The van der Waals surface area contributed by atoms with Crippen LogP contribution in [-0.4, -0.2) is 36.6 Å². The molecule has 7 nitrogen and oxygen atoms in total. The van der Waals surface area contributed by atoms with E-state index in [1.165, 1.54) is 31.5 Å². The fourth-order valence-electron chi connectivity index (χ4n) is 2.53. The van der Waals surface area contributed by atoms with Gasteiger partial charge in [0.25, 0.3) is 5.56 Å². The second kappa shape index (κ2) is 8.70. The van der Waals surface area contributed by atoms with Crippen LogP contribution in [-0.2, 0) is 20.5 Å². The number of H-pyrrole nitrogens is 1. The molecule has 0 saturated heterocycles. The number of nitrogens with one attached hydrogen (secondary N) is 2. The van der Waals surface area contributed by atoms with Crippen molar-refractivity contribution >= 4 is 23.2 Å². The molecule has 0 spiro atoms. The van der Waals surface area contributed by atoms with Crippen molar-refractivity contribution in [3.8, 4) is 0 Å². The molecule has 1 unspecified atom stereocenters. The topological polar surface area (TPSA) is 91.5 Å². The molecule has 0 aliphatic rings. The van der Waals surface area contributed by atoms with Gasteiger partial charge in [-0.2, -0.15) is 13.2 Å². The van der Waals surface area contributed by atoms with Crippen molar-refractivity contribution in [3.05, 3.63) is 58.5 Å². The number of carbonyl (C=O) groups is 2. The van der Waals surface area contributed by atoms with E-state index in [1.54, 1.807) is 6.92 Å². The van der Waals surface area contributed by atoms with Crippen molar-refractivity contribution in [2.24, 2.45) is 0 Å². The molecule has 0 aliphatic carbocycles. The zero-order valence-electron chi connectivity index (χ0n) is 15.0. The first-order valence-electron chi connectivity index (χ1n) is 8.13. The van der Waals surface area contributed by atoms with Gasteiger partial charge in [-0.1, -0.05) is 6.07 Å². The first kappa shape index (κ1) is 21.2. The normalized spacial score (nSPS) is 12.3. The molecule has 2 aromatic rings. The Balaban J connectivity index is 2.31. The molecule has 1 atom stereocenters. The maximum absolute atomic E-state index is 12.8. The standard InChI is InChI=1S/C18H18F3N3O4/c1-11(10-28-2)24(14-7-4-8-22-15(14)25)17(27)16(26)23-13-6-3-5-12(9-13)18(19,20)21/h3-9,11H,10H2,1-2H3,(H,22,25)(H,23,26). The number of methoxy groups -OCH3 is 1. The van der Waals surface area contributed by atoms with Crippen LogP contribution in [0.25, 0.3) is 0 Å². The van der Waals surface area contributed by atoms with Crippen LogP contribution in [0.15, 0.2) is 47.4 Å². The molecule has 1 aromatic carbocycles. The molecule has 0 aliphatic heterocycles. The Labute approximate surface area is 158 Å². The summed E-state index contributed by atoms with van der Waals surface area (Å²) in [5, 5.41) is 2.14. The number of pyridine rings is 1. The van der Waals surface area contributed by atoms with Crippen molar-refractivity contribution in [1.29, 1.82) is 0 Å². The fourth-order valence-corrected chi connectivity index (χ4v) is 2.53. The lowest BCUT2D eigenvalue weighted by molar-refractivity contribution is -0.137. The minimum absolute atomic E-state index is 0.0247. The van der Waals surface area contributed by atoms with E-state index in [0.29, 0.717) is 6.07 Å². The van der Waals surface area contributed by atoms with Gasteiger partial charge >= 0.3 is 18.0 Å². The summed E-state index contributed by atoms with van der Waals surface area (Å²) >= 11 is 0. The van der Waals surface area contributed by atoms with E-state index in [-0.39, 0.29) is 18.0 Å². The Hall–Kier alpha value is -3.14. The summed E-state index contributed by atoms with van der Waals surface area (Å²) in [4.78, 5) is 40.4. The Morgan fingerprint density at radius 1 is 1.25 bits per heavy atom. The lowest BCUT2D eigenvalue weighted by Gasteiger charge is -2.27. The summed E-state index contributed by atoms with van der Waals surface area (Å²) in [6.45, 7) is 1.59. The van der Waals surface area contributed by atoms with Gasteiger partial charge in [0.05, 0.1) is 18.2 Å². The number of hydrogen-bond donors (Lipinski definition) is 2. The molecule has 1 heterocycles. The summed E-state index contributed by atoms with van der Waals surface area (Å²) in [5.41, 5.74) is -1.86. The summed E-state index contributed by atoms with van der Waals surface area (Å²) in [6, 6.07) is 6.02. The van der Waals surface area contributed by atoms with Crippen molar-refractivity contribution in [1.82, 2.24) is 4.98 Å². The van der Waals surface area contributed by atoms with E-state index < -0.39 is 35.2 Å². The molecule has 0 saturated carbocycles. The number of ether oxygens (including phenoxy) is 1. The van der Waals surface area contributed by atoms with Gasteiger partial charge in [0, 0.05) is 19.0 Å². The van der Waals surface area contributed by atoms with Crippen LogP contribution >= 0.6 is 0 Å². The molecule has 0 bridgehead atoms. The molecule has 28 heavy (non-hydrogen) atoms. The Morgan fingerprint density at radius 3 is 2.57 bits per heavy atom. The minimum atomic E-state index is -4.60. The highest BCUT2D eigenvalue weighted by atomic mass is 19.4. The number of aromatic nitrogens is 1. The molecular formula is C18H18F3N3O4. The molecule has 0 fully saturated rings. The van der Waals surface area contributed by atoms with E-state index in [0.717, 1.165) is 17.0 Å². The number of aromatic amines is 1. The van der Waals surface area contributed by atoms with Crippen molar-refractivity contribution in [2.45, 2.75) is 19.1 Å². The highest BCUT2D eigenvalue weighted by Crippen LogP contribution is 2.30. The molecule has 1 aromatic heterocycles. The molecule has 0 radical (unpaired) electrons. The van der Waals surface area contributed by atoms with E-state index in [2.05, 4.69) is 10.3 Å². The lowest BCUT2D eigenvalue weighted by Crippen LogP contribution is -2.48. The number of nitrogens with zero attached hydrogens (tertiary/aromatic N) is 1. The summed E-state index contributed by atoms with van der Waals surface area (Å²) in [5.74, 6) is -2.30. The average molecular weight is 397 g/mol. The second-order valence-corrected chi connectivity index (χ2v) is 5.90. The van der Waals surface area contributed by atoms with E-state index in [1.807, 2.05) is 0 Å². The van der Waals surface area contributed by atoms with Gasteiger partial charge in [0.15, 0.2) is 0 Å². The van der Waals surface area contributed by atoms with Crippen LogP contribution in [0.4, 0.5) is 24.5 Å². The summed E-state index contributed by atoms with van der Waals surface area (Å²) in [6.07, 6.45) is -3.24. The van der Waals surface area contributed by atoms with Gasteiger partial charge in [-0.15, -0.1) is 0 Å². The lowest BCUT2D eigenvalue weighted by atomic mass is 10.2. The Morgan fingerprint density at radius 2 is 1.96 bits per heavy atom. The number of carbonyl (C=O) groups excluding carboxylic acids is 2. The van der Waals surface area contributed by atoms with Crippen molar-refractivity contribution < 1.29 is 27.5 Å². The van der Waals surface area contributed by atoms with Gasteiger partial charge in [0.2, 0.25) is 0 Å². The van der Waals surface area contributed by atoms with E-state index >= 15 is 0 Å². The SMILES string of the molecule is COCC(C)N(C(=O)C(=O)Nc1cccc(C(F)(F)F)c1)c1ccc[nH]c1=O. The number of benzene rings is 1. The van der Waals surface area contributed by atoms with Gasteiger partial charge in [-0.05, 0) is 37.3 Å². The third-order valence-electron chi connectivity index (χ3n) is 3.77. The van der Waals surface area contributed by atoms with Gasteiger partial charge in [-0.3, -0.25) is 19.3 Å². The first-order valence-corrected chi connectivity index (χ1v) is 8.13. The molecule has 2 amide bonds. The van der Waals surface area contributed by atoms with Crippen molar-refractivity contribution in [3.63, 3.8) is 0 Å². The number of rotatable bonds is 5. The predicted octanol–water partition coefficient (Wildman–Crippen LogP) is 2.40. The smallest absolute Gasteiger partial charge is 0.383 e. The third kappa shape index (κ3) is 4.97. The zero-order chi connectivity index (χ0) is 20.9. The molecular weight excluding hydrogens is 379 g/mol. The van der Waals surface area contributed by atoms with Gasteiger partial charge in [0.1, 0.15) is 5.69 Å². The maximum atomic E-state index is 12.8. The molecule has 2 N–H and O–H groups in total. The van der Waals surface area contributed by atoms with Crippen LogP contribution in [0.2, 0.25) is 0 Å². The second-order valence-electron chi connectivity index (χ2n) is 5.90. The van der Waals surface area contributed by atoms with E-state index in [4.69, 9.17) is 4.74 Å². The Bertz CT molecular complexity index is 911. The number of amides is 2. The highest BCUT2D eigenvalue weighted by molar-refractivity contribution is 6.44. The number of hydrogen-bond acceptors (Lipinski definition) is 4. The molecule has 10 heteroatoms. The molecule has 150 valence electrons. The van der Waals surface area contributed by atoms with Crippen LogP contribution in [0, 0.1) is 0 Å². The van der Waals surface area contributed by atoms with Gasteiger partial charge in [-0.25, -0.2) is 0 Å². The first-order chi connectivity index (χ1) is 13.1. The monoisotopic (exact) mass is 397 g/mol. The van der Waals surface area contributed by atoms with Crippen molar-refractivity contribution in [2.75, 3.05) is 23.9 Å². The summed E-state index contributed by atoms with van der Waals surface area (Å²) in [7, 11) is 1.39.